The van der Waals surface area contributed by atoms with Gasteiger partial charge in [0.1, 0.15) is 4.90 Å². The minimum atomic E-state index is -4.01. The van der Waals surface area contributed by atoms with Crippen LogP contribution in [0.4, 0.5) is 0 Å². The Hall–Kier alpha value is -0.820. The number of carbonyl (C=O) groups excluding carboxylic acids is 1. The average Bonchev–Trinajstić information content (AvgIpc) is 2.37. The third-order valence-electron chi connectivity index (χ3n) is 2.91. The van der Waals surface area contributed by atoms with Gasteiger partial charge in [-0.2, -0.15) is 0 Å². The van der Waals surface area contributed by atoms with E-state index in [1.807, 2.05) is 0 Å². The van der Waals surface area contributed by atoms with Gasteiger partial charge in [0.05, 0.1) is 15.6 Å². The number of hydrogen-bond donors (Lipinski definition) is 2. The molecular weight excluding hydrogens is 335 g/mol. The second kappa shape index (κ2) is 7.98. The van der Waals surface area contributed by atoms with Crippen molar-refractivity contribution in [1.29, 1.82) is 0 Å². The third-order valence-corrected chi connectivity index (χ3v) is 4.68. The van der Waals surface area contributed by atoms with Gasteiger partial charge in [0.2, 0.25) is 10.0 Å². The minimum Gasteiger partial charge on any atom is -0.352 e. The molecule has 0 aromatic heterocycles. The summed E-state index contributed by atoms with van der Waals surface area (Å²) in [5.74, 6) is -0.507. The van der Waals surface area contributed by atoms with Crippen LogP contribution in [0.2, 0.25) is 10.0 Å². The first-order valence-corrected chi connectivity index (χ1v) is 8.88. The zero-order valence-electron chi connectivity index (χ0n) is 11.7. The van der Waals surface area contributed by atoms with Gasteiger partial charge < -0.3 is 5.32 Å². The predicted molar refractivity (Wildman–Crippen MR) is 84.3 cm³/mol. The number of sulfonamides is 1. The molecule has 1 aromatic carbocycles. The molecule has 0 saturated heterocycles. The molecule has 118 valence electrons. The third kappa shape index (κ3) is 5.14. The van der Waals surface area contributed by atoms with E-state index in [-0.39, 0.29) is 20.5 Å². The van der Waals surface area contributed by atoms with E-state index >= 15 is 0 Å². The van der Waals surface area contributed by atoms with Crippen LogP contribution in [0.5, 0.6) is 0 Å². The van der Waals surface area contributed by atoms with Gasteiger partial charge in [-0.1, -0.05) is 49.4 Å². The van der Waals surface area contributed by atoms with E-state index in [4.69, 9.17) is 28.3 Å². The molecule has 8 heteroatoms. The van der Waals surface area contributed by atoms with E-state index in [0.29, 0.717) is 6.54 Å². The van der Waals surface area contributed by atoms with Crippen molar-refractivity contribution in [3.8, 4) is 0 Å². The van der Waals surface area contributed by atoms with Gasteiger partial charge >= 0.3 is 0 Å². The highest BCUT2D eigenvalue weighted by atomic mass is 35.5. The SMILES string of the molecule is CCCCCCNC(=O)c1c(Cl)ccc(S(N)(=O)=O)c1Cl. The quantitative estimate of drug-likeness (QED) is 0.739. The molecule has 0 radical (unpaired) electrons. The molecule has 0 aliphatic heterocycles. The summed E-state index contributed by atoms with van der Waals surface area (Å²) in [6.07, 6.45) is 4.04. The maximum Gasteiger partial charge on any atom is 0.254 e. The van der Waals surface area contributed by atoms with Crippen molar-refractivity contribution in [2.45, 2.75) is 37.5 Å². The van der Waals surface area contributed by atoms with Crippen molar-refractivity contribution in [2.24, 2.45) is 5.14 Å². The molecule has 1 amide bonds. The largest absolute Gasteiger partial charge is 0.352 e. The van der Waals surface area contributed by atoms with Crippen LogP contribution in [0.3, 0.4) is 0 Å². The molecule has 0 aliphatic rings. The minimum absolute atomic E-state index is 0.0691. The average molecular weight is 353 g/mol. The highest BCUT2D eigenvalue weighted by Crippen LogP contribution is 2.30. The molecule has 0 bridgehead atoms. The van der Waals surface area contributed by atoms with Crippen molar-refractivity contribution >= 4 is 39.1 Å². The maximum absolute atomic E-state index is 12.1. The molecule has 0 fully saturated rings. The Labute approximate surface area is 134 Å². The van der Waals surface area contributed by atoms with Gasteiger partial charge in [-0.05, 0) is 18.6 Å². The first kappa shape index (κ1) is 18.2. The fourth-order valence-corrected chi connectivity index (χ4v) is 3.28. The smallest absolute Gasteiger partial charge is 0.254 e. The lowest BCUT2D eigenvalue weighted by atomic mass is 10.2. The lowest BCUT2D eigenvalue weighted by molar-refractivity contribution is 0.0953. The standard InChI is InChI=1S/C13H18Cl2N2O3S/c1-2-3-4-5-8-17-13(18)11-9(14)6-7-10(12(11)15)21(16,19)20/h6-7H,2-5,8H2,1H3,(H,17,18)(H2,16,19,20). The van der Waals surface area contributed by atoms with E-state index in [2.05, 4.69) is 12.2 Å². The predicted octanol–water partition coefficient (Wildman–Crippen LogP) is 2.95. The summed E-state index contributed by atoms with van der Waals surface area (Å²) in [4.78, 5) is 11.8. The summed E-state index contributed by atoms with van der Waals surface area (Å²) >= 11 is 11.9. The molecule has 0 unspecified atom stereocenters. The number of halogens is 2. The number of carbonyl (C=O) groups is 1. The lowest BCUT2D eigenvalue weighted by Crippen LogP contribution is -2.26. The molecule has 1 aromatic rings. The first-order chi connectivity index (χ1) is 9.79. The fourth-order valence-electron chi connectivity index (χ4n) is 1.80. The summed E-state index contributed by atoms with van der Waals surface area (Å²) in [5.41, 5.74) is -0.0691. The molecule has 0 heterocycles. The van der Waals surface area contributed by atoms with Crippen LogP contribution in [0, 0.1) is 0 Å². The number of unbranched alkanes of at least 4 members (excludes halogenated alkanes) is 3. The maximum atomic E-state index is 12.1. The Morgan fingerprint density at radius 3 is 2.48 bits per heavy atom. The van der Waals surface area contributed by atoms with Crippen LogP contribution in [-0.4, -0.2) is 20.9 Å². The number of amides is 1. The topological polar surface area (TPSA) is 89.3 Å². The van der Waals surface area contributed by atoms with Crippen LogP contribution >= 0.6 is 23.2 Å². The Bertz CT molecular complexity index is 618. The highest BCUT2D eigenvalue weighted by Gasteiger charge is 2.22. The Morgan fingerprint density at radius 2 is 1.90 bits per heavy atom. The zero-order chi connectivity index (χ0) is 16.0. The number of nitrogens with one attached hydrogen (secondary N) is 1. The number of hydrogen-bond acceptors (Lipinski definition) is 3. The highest BCUT2D eigenvalue weighted by molar-refractivity contribution is 7.89. The van der Waals surface area contributed by atoms with E-state index in [9.17, 15) is 13.2 Å². The van der Waals surface area contributed by atoms with Gasteiger partial charge in [-0.3, -0.25) is 4.79 Å². The number of primary sulfonamides is 1. The molecule has 5 nitrogen and oxygen atoms in total. The van der Waals surface area contributed by atoms with Crippen molar-refractivity contribution < 1.29 is 13.2 Å². The molecule has 1 rings (SSSR count). The second-order valence-corrected chi connectivity index (χ2v) is 6.91. The Kier molecular flexibility index (Phi) is 6.93. The molecule has 21 heavy (non-hydrogen) atoms. The Morgan fingerprint density at radius 1 is 1.24 bits per heavy atom. The number of nitrogens with two attached hydrogens (primary N) is 1. The number of benzene rings is 1. The van der Waals surface area contributed by atoms with Gasteiger partial charge in [0.25, 0.3) is 5.91 Å². The van der Waals surface area contributed by atoms with Gasteiger partial charge in [-0.25, -0.2) is 13.6 Å². The van der Waals surface area contributed by atoms with Gasteiger partial charge in [0.15, 0.2) is 0 Å². The molecule has 0 saturated carbocycles. The van der Waals surface area contributed by atoms with Crippen molar-refractivity contribution in [3.63, 3.8) is 0 Å². The Balaban J connectivity index is 2.89. The van der Waals surface area contributed by atoms with Crippen molar-refractivity contribution in [1.82, 2.24) is 5.32 Å². The lowest BCUT2D eigenvalue weighted by Gasteiger charge is -2.11. The summed E-state index contributed by atoms with van der Waals surface area (Å²) < 4.78 is 22.8. The van der Waals surface area contributed by atoms with Crippen molar-refractivity contribution in [3.05, 3.63) is 27.7 Å². The summed E-state index contributed by atoms with van der Waals surface area (Å²) in [7, 11) is -4.01. The van der Waals surface area contributed by atoms with E-state index in [1.165, 1.54) is 12.1 Å². The van der Waals surface area contributed by atoms with Crippen LogP contribution in [0.25, 0.3) is 0 Å². The van der Waals surface area contributed by atoms with Crippen LogP contribution in [-0.2, 0) is 10.0 Å². The molecule has 3 N–H and O–H groups in total. The van der Waals surface area contributed by atoms with Crippen LogP contribution in [0.15, 0.2) is 17.0 Å². The molecular formula is C13H18Cl2N2O3S. The van der Waals surface area contributed by atoms with Crippen molar-refractivity contribution in [2.75, 3.05) is 6.54 Å². The monoisotopic (exact) mass is 352 g/mol. The van der Waals surface area contributed by atoms with Gasteiger partial charge in [-0.15, -0.1) is 0 Å². The first-order valence-electron chi connectivity index (χ1n) is 6.58. The molecule has 0 atom stereocenters. The van der Waals surface area contributed by atoms with Crippen LogP contribution < -0.4 is 10.5 Å². The second-order valence-electron chi connectivity index (χ2n) is 4.60. The molecule has 0 spiro atoms. The van der Waals surface area contributed by atoms with E-state index in [0.717, 1.165) is 25.7 Å². The number of rotatable bonds is 7. The normalized spacial score (nSPS) is 11.4. The summed E-state index contributed by atoms with van der Waals surface area (Å²) in [6.45, 7) is 2.57. The van der Waals surface area contributed by atoms with E-state index in [1.54, 1.807) is 0 Å². The summed E-state index contributed by atoms with van der Waals surface area (Å²) in [5, 5.41) is 7.55. The van der Waals surface area contributed by atoms with Gasteiger partial charge in [0, 0.05) is 6.54 Å². The summed E-state index contributed by atoms with van der Waals surface area (Å²) in [6, 6.07) is 2.47. The molecule has 0 aliphatic carbocycles. The fraction of sp³-hybridized carbons (Fsp3) is 0.462. The zero-order valence-corrected chi connectivity index (χ0v) is 14.0. The van der Waals surface area contributed by atoms with E-state index < -0.39 is 15.9 Å². The van der Waals surface area contributed by atoms with Crippen LogP contribution in [0.1, 0.15) is 43.0 Å².